The Labute approximate surface area is 138 Å². The molecule has 7 heteroatoms. The second kappa shape index (κ2) is 6.83. The fourth-order valence-corrected chi connectivity index (χ4v) is 2.90. The fraction of sp³-hybridized carbons (Fsp3) is 0.312. The van der Waals surface area contributed by atoms with E-state index < -0.39 is 6.04 Å². The summed E-state index contributed by atoms with van der Waals surface area (Å²) in [5.41, 5.74) is 1.67. The van der Waals surface area contributed by atoms with Gasteiger partial charge in [0.1, 0.15) is 6.04 Å². The SMILES string of the molecule is O=C1CCC[C@H](C(=O)NCc2c(Cl)cccc2-n2ccnc2)N1. The number of nitrogens with zero attached hydrogens (tertiary/aromatic N) is 2. The van der Waals surface area contributed by atoms with Gasteiger partial charge in [-0.1, -0.05) is 17.7 Å². The van der Waals surface area contributed by atoms with Gasteiger partial charge in [0.25, 0.3) is 0 Å². The number of piperidine rings is 1. The van der Waals surface area contributed by atoms with Crippen LogP contribution in [-0.4, -0.2) is 27.4 Å². The predicted molar refractivity (Wildman–Crippen MR) is 86.2 cm³/mol. The second-order valence-electron chi connectivity index (χ2n) is 5.44. The second-order valence-corrected chi connectivity index (χ2v) is 5.84. The van der Waals surface area contributed by atoms with Crippen LogP contribution in [0, 0.1) is 0 Å². The molecule has 1 aromatic heterocycles. The predicted octanol–water partition coefficient (Wildman–Crippen LogP) is 1.81. The zero-order chi connectivity index (χ0) is 16.2. The fourth-order valence-electron chi connectivity index (χ4n) is 2.67. The van der Waals surface area contributed by atoms with E-state index in [1.54, 1.807) is 18.6 Å². The summed E-state index contributed by atoms with van der Waals surface area (Å²) in [4.78, 5) is 27.7. The minimum Gasteiger partial charge on any atom is -0.350 e. The van der Waals surface area contributed by atoms with E-state index >= 15 is 0 Å². The van der Waals surface area contributed by atoms with Crippen LogP contribution in [0.1, 0.15) is 24.8 Å². The Morgan fingerprint density at radius 1 is 1.48 bits per heavy atom. The van der Waals surface area contributed by atoms with Crippen molar-refractivity contribution in [1.82, 2.24) is 20.2 Å². The minimum absolute atomic E-state index is 0.0757. The Kier molecular flexibility index (Phi) is 4.62. The highest BCUT2D eigenvalue weighted by Gasteiger charge is 2.24. The van der Waals surface area contributed by atoms with Crippen molar-refractivity contribution in [2.24, 2.45) is 0 Å². The molecule has 2 heterocycles. The maximum atomic E-state index is 12.2. The molecule has 120 valence electrons. The van der Waals surface area contributed by atoms with Crippen molar-refractivity contribution in [2.45, 2.75) is 31.8 Å². The Bertz CT molecular complexity index is 715. The molecular formula is C16H17ClN4O2. The number of aromatic nitrogens is 2. The quantitative estimate of drug-likeness (QED) is 0.896. The first-order chi connectivity index (χ1) is 11.1. The van der Waals surface area contributed by atoms with Crippen LogP contribution in [0.4, 0.5) is 0 Å². The number of hydrogen-bond donors (Lipinski definition) is 2. The molecule has 23 heavy (non-hydrogen) atoms. The number of rotatable bonds is 4. The van der Waals surface area contributed by atoms with Gasteiger partial charge in [-0.15, -0.1) is 0 Å². The average molecular weight is 333 g/mol. The summed E-state index contributed by atoms with van der Waals surface area (Å²) in [6, 6.07) is 5.09. The van der Waals surface area contributed by atoms with Crippen molar-refractivity contribution in [3.05, 3.63) is 47.5 Å². The van der Waals surface area contributed by atoms with Gasteiger partial charge in [-0.2, -0.15) is 0 Å². The molecule has 1 fully saturated rings. The lowest BCUT2D eigenvalue weighted by molar-refractivity contribution is -0.131. The summed E-state index contributed by atoms with van der Waals surface area (Å²) < 4.78 is 1.84. The summed E-state index contributed by atoms with van der Waals surface area (Å²) >= 11 is 6.28. The molecule has 0 aliphatic carbocycles. The lowest BCUT2D eigenvalue weighted by Crippen LogP contribution is -2.48. The van der Waals surface area contributed by atoms with E-state index in [0.717, 1.165) is 17.7 Å². The maximum Gasteiger partial charge on any atom is 0.242 e. The number of carbonyl (C=O) groups excluding carboxylic acids is 2. The molecule has 0 bridgehead atoms. The molecule has 2 amide bonds. The number of imidazole rings is 1. The van der Waals surface area contributed by atoms with E-state index in [-0.39, 0.29) is 11.8 Å². The first kappa shape index (κ1) is 15.6. The van der Waals surface area contributed by atoms with Crippen LogP contribution in [0.5, 0.6) is 0 Å². The first-order valence-corrected chi connectivity index (χ1v) is 7.86. The van der Waals surface area contributed by atoms with E-state index in [2.05, 4.69) is 15.6 Å². The van der Waals surface area contributed by atoms with Crippen LogP contribution >= 0.6 is 11.6 Å². The first-order valence-electron chi connectivity index (χ1n) is 7.48. The van der Waals surface area contributed by atoms with Gasteiger partial charge in [0.05, 0.1) is 12.0 Å². The summed E-state index contributed by atoms with van der Waals surface area (Å²) in [7, 11) is 0. The van der Waals surface area contributed by atoms with Crippen LogP contribution in [0.3, 0.4) is 0 Å². The normalized spacial score (nSPS) is 17.6. The molecule has 2 aromatic rings. The molecule has 2 N–H and O–H groups in total. The van der Waals surface area contributed by atoms with Crippen molar-refractivity contribution in [2.75, 3.05) is 0 Å². The van der Waals surface area contributed by atoms with Gasteiger partial charge in [-0.25, -0.2) is 4.98 Å². The smallest absolute Gasteiger partial charge is 0.242 e. The highest BCUT2D eigenvalue weighted by molar-refractivity contribution is 6.31. The summed E-state index contributed by atoms with van der Waals surface area (Å²) in [5, 5.41) is 6.14. The van der Waals surface area contributed by atoms with Crippen LogP contribution in [-0.2, 0) is 16.1 Å². The average Bonchev–Trinajstić information content (AvgIpc) is 3.07. The van der Waals surface area contributed by atoms with Gasteiger partial charge >= 0.3 is 0 Å². The van der Waals surface area contributed by atoms with Gasteiger partial charge in [0.2, 0.25) is 11.8 Å². The molecule has 1 saturated heterocycles. The number of amides is 2. The van der Waals surface area contributed by atoms with Crippen molar-refractivity contribution < 1.29 is 9.59 Å². The number of carbonyl (C=O) groups is 2. The standard InChI is InChI=1S/C16H17ClN4O2/c17-12-3-1-5-14(21-8-7-18-10-21)11(12)9-19-16(23)13-4-2-6-15(22)20-13/h1,3,5,7-8,10,13H,2,4,6,9H2,(H,19,23)(H,20,22)/t13-/m1/s1. The van der Waals surface area contributed by atoms with Crippen LogP contribution in [0.25, 0.3) is 5.69 Å². The number of nitrogens with one attached hydrogen (secondary N) is 2. The molecule has 0 unspecified atom stereocenters. The van der Waals surface area contributed by atoms with E-state index in [1.165, 1.54) is 0 Å². The Hall–Kier alpha value is -2.34. The lowest BCUT2D eigenvalue weighted by atomic mass is 10.0. The van der Waals surface area contributed by atoms with E-state index in [0.29, 0.717) is 24.4 Å². The molecule has 0 saturated carbocycles. The Morgan fingerprint density at radius 2 is 2.35 bits per heavy atom. The van der Waals surface area contributed by atoms with Crippen molar-refractivity contribution in [1.29, 1.82) is 0 Å². The van der Waals surface area contributed by atoms with Crippen molar-refractivity contribution in [3.63, 3.8) is 0 Å². The monoisotopic (exact) mass is 332 g/mol. The molecular weight excluding hydrogens is 316 g/mol. The van der Waals surface area contributed by atoms with Crippen molar-refractivity contribution in [3.8, 4) is 5.69 Å². The molecule has 6 nitrogen and oxygen atoms in total. The topological polar surface area (TPSA) is 76.0 Å². The Balaban J connectivity index is 1.73. The van der Waals surface area contributed by atoms with E-state index in [1.807, 2.05) is 22.9 Å². The molecule has 1 atom stereocenters. The molecule has 1 aromatic carbocycles. The van der Waals surface area contributed by atoms with Crippen molar-refractivity contribution >= 4 is 23.4 Å². The minimum atomic E-state index is -0.463. The zero-order valence-corrected chi connectivity index (χ0v) is 13.2. The van der Waals surface area contributed by atoms with E-state index in [4.69, 9.17) is 11.6 Å². The molecule has 1 aliphatic rings. The number of halogens is 1. The van der Waals surface area contributed by atoms with Crippen LogP contribution < -0.4 is 10.6 Å². The molecule has 0 radical (unpaired) electrons. The molecule has 1 aliphatic heterocycles. The van der Waals surface area contributed by atoms with Gasteiger partial charge in [0.15, 0.2) is 0 Å². The Morgan fingerprint density at radius 3 is 3.09 bits per heavy atom. The van der Waals surface area contributed by atoms with Gasteiger partial charge in [-0.3, -0.25) is 9.59 Å². The highest BCUT2D eigenvalue weighted by Crippen LogP contribution is 2.23. The molecule has 3 rings (SSSR count). The number of hydrogen-bond acceptors (Lipinski definition) is 3. The molecule has 0 spiro atoms. The zero-order valence-electron chi connectivity index (χ0n) is 12.5. The van der Waals surface area contributed by atoms with Crippen LogP contribution in [0.2, 0.25) is 5.02 Å². The maximum absolute atomic E-state index is 12.2. The lowest BCUT2D eigenvalue weighted by Gasteiger charge is -2.22. The van der Waals surface area contributed by atoms with Gasteiger partial charge < -0.3 is 15.2 Å². The largest absolute Gasteiger partial charge is 0.350 e. The van der Waals surface area contributed by atoms with Crippen LogP contribution in [0.15, 0.2) is 36.9 Å². The third-order valence-electron chi connectivity index (χ3n) is 3.86. The number of benzene rings is 1. The highest BCUT2D eigenvalue weighted by atomic mass is 35.5. The summed E-state index contributed by atoms with van der Waals surface area (Å²) in [6.07, 6.45) is 7.06. The van der Waals surface area contributed by atoms with Gasteiger partial charge in [0, 0.05) is 35.9 Å². The third-order valence-corrected chi connectivity index (χ3v) is 4.22. The third kappa shape index (κ3) is 3.53. The summed E-state index contributed by atoms with van der Waals surface area (Å²) in [6.45, 7) is 0.290. The van der Waals surface area contributed by atoms with Gasteiger partial charge in [-0.05, 0) is 25.0 Å². The summed E-state index contributed by atoms with van der Waals surface area (Å²) in [5.74, 6) is -0.261. The van der Waals surface area contributed by atoms with E-state index in [9.17, 15) is 9.59 Å².